The van der Waals surface area contributed by atoms with Crippen molar-refractivity contribution >= 4 is 11.0 Å². The van der Waals surface area contributed by atoms with Gasteiger partial charge >= 0.3 is 0 Å². The monoisotopic (exact) mass is 236 g/mol. The predicted molar refractivity (Wildman–Crippen MR) is 65.2 cm³/mol. The van der Waals surface area contributed by atoms with E-state index in [1.807, 2.05) is 20.8 Å². The fraction of sp³-hybridized carbons (Fsp3) is 0.429. The third-order valence-corrected chi connectivity index (χ3v) is 2.65. The minimum absolute atomic E-state index is 0.00304. The van der Waals surface area contributed by atoms with Crippen molar-refractivity contribution in [2.24, 2.45) is 5.41 Å². The van der Waals surface area contributed by atoms with E-state index in [0.717, 1.165) is 0 Å². The number of furan rings is 1. The van der Waals surface area contributed by atoms with Crippen LogP contribution in [-0.4, -0.2) is 5.11 Å². The maximum absolute atomic E-state index is 13.4. The molecule has 0 aliphatic carbocycles. The predicted octanol–water partition coefficient (Wildman–Crippen LogP) is 4.04. The van der Waals surface area contributed by atoms with Gasteiger partial charge in [-0.1, -0.05) is 32.9 Å². The first-order chi connectivity index (χ1) is 7.87. The third-order valence-electron chi connectivity index (χ3n) is 2.65. The third kappa shape index (κ3) is 2.67. The maximum atomic E-state index is 13.4. The number of aliphatic hydroxyl groups is 1. The highest BCUT2D eigenvalue weighted by molar-refractivity contribution is 5.78. The summed E-state index contributed by atoms with van der Waals surface area (Å²) in [6.07, 6.45) is -0.115. The van der Waals surface area contributed by atoms with Crippen molar-refractivity contribution in [3.8, 4) is 0 Å². The van der Waals surface area contributed by atoms with E-state index in [0.29, 0.717) is 17.6 Å². The number of rotatable bonds is 2. The maximum Gasteiger partial charge on any atom is 0.170 e. The number of benzene rings is 1. The molecule has 1 heterocycles. The summed E-state index contributed by atoms with van der Waals surface area (Å²) < 4.78 is 18.8. The summed E-state index contributed by atoms with van der Waals surface area (Å²) in [6.45, 7) is 6.12. The number of fused-ring (bicyclic) bond motifs is 1. The van der Waals surface area contributed by atoms with E-state index >= 15 is 0 Å². The van der Waals surface area contributed by atoms with Crippen LogP contribution in [-0.2, 0) is 0 Å². The molecule has 0 radical (unpaired) electrons. The Balaban J connectivity index is 2.34. The molecule has 1 N–H and O–H groups in total. The van der Waals surface area contributed by atoms with Crippen molar-refractivity contribution in [2.75, 3.05) is 0 Å². The van der Waals surface area contributed by atoms with Crippen LogP contribution >= 0.6 is 0 Å². The highest BCUT2D eigenvalue weighted by Gasteiger charge is 2.21. The standard InChI is InChI=1S/C14H17FO2/c1-14(2,3)8-11(16)12-7-9-5-4-6-10(15)13(9)17-12/h4-7,11,16H,8H2,1-3H3. The molecule has 0 saturated carbocycles. The molecule has 1 unspecified atom stereocenters. The minimum Gasteiger partial charge on any atom is -0.455 e. The summed E-state index contributed by atoms with van der Waals surface area (Å²) in [5.74, 6) is 0.0386. The Kier molecular flexibility index (Phi) is 2.96. The van der Waals surface area contributed by atoms with Gasteiger partial charge in [0.25, 0.3) is 0 Å². The molecule has 0 aliphatic rings. The van der Waals surface area contributed by atoms with Crippen molar-refractivity contribution < 1.29 is 13.9 Å². The van der Waals surface area contributed by atoms with Crippen LogP contribution in [0.4, 0.5) is 4.39 Å². The molecule has 3 heteroatoms. The Morgan fingerprint density at radius 1 is 1.35 bits per heavy atom. The lowest BCUT2D eigenvalue weighted by Gasteiger charge is -2.20. The zero-order chi connectivity index (χ0) is 12.6. The van der Waals surface area contributed by atoms with Crippen molar-refractivity contribution in [1.29, 1.82) is 0 Å². The second-order valence-electron chi connectivity index (χ2n) is 5.59. The van der Waals surface area contributed by atoms with E-state index < -0.39 is 11.9 Å². The van der Waals surface area contributed by atoms with E-state index in [1.165, 1.54) is 6.07 Å². The molecule has 1 atom stereocenters. The lowest BCUT2D eigenvalue weighted by atomic mass is 9.88. The van der Waals surface area contributed by atoms with Crippen LogP contribution in [0.15, 0.2) is 28.7 Å². The van der Waals surface area contributed by atoms with Crippen LogP contribution in [0.5, 0.6) is 0 Å². The number of hydrogen-bond acceptors (Lipinski definition) is 2. The zero-order valence-corrected chi connectivity index (χ0v) is 10.3. The molecular weight excluding hydrogens is 219 g/mol. The van der Waals surface area contributed by atoms with Gasteiger partial charge in [0.05, 0.1) is 0 Å². The molecule has 2 rings (SSSR count). The van der Waals surface area contributed by atoms with Gasteiger partial charge < -0.3 is 9.52 Å². The van der Waals surface area contributed by atoms with Crippen LogP contribution in [0, 0.1) is 11.2 Å². The van der Waals surface area contributed by atoms with Crippen LogP contribution in [0.2, 0.25) is 0 Å². The Morgan fingerprint density at radius 3 is 2.65 bits per heavy atom. The summed E-state index contributed by atoms with van der Waals surface area (Å²) in [5.41, 5.74) is 0.215. The molecular formula is C14H17FO2. The Hall–Kier alpha value is -1.35. The Bertz CT molecular complexity index is 522. The number of halogens is 1. The van der Waals surface area contributed by atoms with Crippen LogP contribution < -0.4 is 0 Å². The summed E-state index contributed by atoms with van der Waals surface area (Å²) in [5, 5.41) is 10.7. The molecule has 0 spiro atoms. The fourth-order valence-corrected chi connectivity index (χ4v) is 1.89. The Morgan fingerprint density at radius 2 is 2.06 bits per heavy atom. The molecule has 2 nitrogen and oxygen atoms in total. The van der Waals surface area contributed by atoms with Gasteiger partial charge in [-0.15, -0.1) is 0 Å². The van der Waals surface area contributed by atoms with Gasteiger partial charge in [-0.25, -0.2) is 4.39 Å². The lowest BCUT2D eigenvalue weighted by Crippen LogP contribution is -2.10. The average Bonchev–Trinajstić information content (AvgIpc) is 2.60. The second-order valence-corrected chi connectivity index (χ2v) is 5.59. The highest BCUT2D eigenvalue weighted by Crippen LogP contribution is 2.32. The first kappa shape index (κ1) is 12.1. The van der Waals surface area contributed by atoms with Crippen LogP contribution in [0.3, 0.4) is 0 Å². The summed E-state index contributed by atoms with van der Waals surface area (Å²) >= 11 is 0. The molecule has 1 aromatic carbocycles. The SMILES string of the molecule is CC(C)(C)CC(O)c1cc2cccc(F)c2o1. The Labute approximate surface area is 100 Å². The first-order valence-corrected chi connectivity index (χ1v) is 5.73. The van der Waals surface area contributed by atoms with Gasteiger partial charge in [0, 0.05) is 5.39 Å². The van der Waals surface area contributed by atoms with E-state index in [9.17, 15) is 9.50 Å². The average molecular weight is 236 g/mol. The minimum atomic E-state index is -0.693. The molecule has 0 saturated heterocycles. The lowest BCUT2D eigenvalue weighted by molar-refractivity contribution is 0.102. The van der Waals surface area contributed by atoms with Gasteiger partial charge in [0.15, 0.2) is 11.4 Å². The number of hydrogen-bond donors (Lipinski definition) is 1. The van der Waals surface area contributed by atoms with Gasteiger partial charge in [-0.2, -0.15) is 0 Å². The summed E-state index contributed by atoms with van der Waals surface area (Å²) in [7, 11) is 0. The van der Waals surface area contributed by atoms with Crippen LogP contribution in [0.25, 0.3) is 11.0 Å². The molecule has 92 valence electrons. The fourth-order valence-electron chi connectivity index (χ4n) is 1.89. The van der Waals surface area contributed by atoms with Gasteiger partial charge in [-0.05, 0) is 24.0 Å². The van der Waals surface area contributed by atoms with Crippen molar-refractivity contribution in [2.45, 2.75) is 33.3 Å². The molecule has 0 aliphatic heterocycles. The molecule has 0 bridgehead atoms. The number of aliphatic hydroxyl groups excluding tert-OH is 1. The molecule has 0 fully saturated rings. The van der Waals surface area contributed by atoms with Gasteiger partial charge in [0.2, 0.25) is 0 Å². The molecule has 17 heavy (non-hydrogen) atoms. The normalized spacial score (nSPS) is 14.2. The van der Waals surface area contributed by atoms with Gasteiger partial charge in [-0.3, -0.25) is 0 Å². The smallest absolute Gasteiger partial charge is 0.170 e. The quantitative estimate of drug-likeness (QED) is 0.853. The van der Waals surface area contributed by atoms with Crippen molar-refractivity contribution in [1.82, 2.24) is 0 Å². The van der Waals surface area contributed by atoms with Crippen molar-refractivity contribution in [3.05, 3.63) is 35.8 Å². The molecule has 2 aromatic rings. The second kappa shape index (κ2) is 4.15. The van der Waals surface area contributed by atoms with Crippen LogP contribution in [0.1, 0.15) is 39.1 Å². The van der Waals surface area contributed by atoms with E-state index in [1.54, 1.807) is 18.2 Å². The van der Waals surface area contributed by atoms with E-state index in [-0.39, 0.29) is 11.0 Å². The van der Waals surface area contributed by atoms with E-state index in [4.69, 9.17) is 4.42 Å². The zero-order valence-electron chi connectivity index (χ0n) is 10.3. The largest absolute Gasteiger partial charge is 0.455 e. The summed E-state index contributed by atoms with van der Waals surface area (Å²) in [6, 6.07) is 6.46. The first-order valence-electron chi connectivity index (χ1n) is 5.73. The molecule has 0 amide bonds. The molecule has 1 aromatic heterocycles. The van der Waals surface area contributed by atoms with Crippen molar-refractivity contribution in [3.63, 3.8) is 0 Å². The highest BCUT2D eigenvalue weighted by atomic mass is 19.1. The summed E-state index contributed by atoms with van der Waals surface area (Å²) in [4.78, 5) is 0. The number of para-hydroxylation sites is 1. The van der Waals surface area contributed by atoms with E-state index in [2.05, 4.69) is 0 Å². The van der Waals surface area contributed by atoms with Gasteiger partial charge in [0.1, 0.15) is 11.9 Å². The topological polar surface area (TPSA) is 33.4 Å².